The molecule has 7 nitrogen and oxygen atoms in total. The Labute approximate surface area is 112 Å². The average molecular weight is 267 g/mol. The molecule has 0 saturated carbocycles. The van der Waals surface area contributed by atoms with Crippen molar-refractivity contribution in [3.63, 3.8) is 0 Å². The molecule has 0 spiro atoms. The molecule has 7 heteroatoms. The maximum absolute atomic E-state index is 11.3. The summed E-state index contributed by atoms with van der Waals surface area (Å²) >= 11 is 0. The maximum Gasteiger partial charge on any atom is 0.287 e. The largest absolute Gasteiger partial charge is 0.359 e. The lowest BCUT2D eigenvalue weighted by Crippen LogP contribution is -2.36. The van der Waals surface area contributed by atoms with Crippen LogP contribution in [0.4, 0.5) is 0 Å². The summed E-state index contributed by atoms with van der Waals surface area (Å²) in [4.78, 5) is 15.8. The molecule has 2 heterocycles. The zero-order chi connectivity index (χ0) is 13.8. The highest BCUT2D eigenvalue weighted by atomic mass is 16.5. The van der Waals surface area contributed by atoms with Gasteiger partial charge in [-0.15, -0.1) is 0 Å². The van der Waals surface area contributed by atoms with Gasteiger partial charge in [0.2, 0.25) is 0 Å². The minimum Gasteiger partial charge on any atom is -0.359 e. The van der Waals surface area contributed by atoms with E-state index in [4.69, 9.17) is 10.4 Å². The van der Waals surface area contributed by atoms with Crippen LogP contribution in [0.15, 0.2) is 10.6 Å². The van der Waals surface area contributed by atoms with E-state index in [-0.39, 0.29) is 5.69 Å². The van der Waals surface area contributed by atoms with Gasteiger partial charge in [0.05, 0.1) is 6.54 Å². The van der Waals surface area contributed by atoms with Gasteiger partial charge in [0.25, 0.3) is 5.91 Å². The monoisotopic (exact) mass is 267 g/mol. The Hall–Kier alpha value is -1.44. The molecule has 1 atom stereocenters. The summed E-state index contributed by atoms with van der Waals surface area (Å²) in [5.41, 5.74) is 2.24. The Balaban J connectivity index is 1.86. The van der Waals surface area contributed by atoms with Gasteiger partial charge in [-0.05, 0) is 33.5 Å². The Morgan fingerprint density at radius 1 is 1.74 bits per heavy atom. The van der Waals surface area contributed by atoms with E-state index < -0.39 is 5.91 Å². The van der Waals surface area contributed by atoms with Crippen LogP contribution in [0, 0.1) is 0 Å². The van der Waals surface area contributed by atoms with Crippen LogP contribution in [-0.2, 0) is 6.54 Å². The molecule has 1 aromatic rings. The maximum atomic E-state index is 11.3. The zero-order valence-corrected chi connectivity index (χ0v) is 11.4. The van der Waals surface area contributed by atoms with Crippen LogP contribution < -0.4 is 11.3 Å². The molecule has 1 aliphatic heterocycles. The molecule has 1 fully saturated rings. The molecule has 0 radical (unpaired) electrons. The second-order valence-corrected chi connectivity index (χ2v) is 5.13. The third-order valence-electron chi connectivity index (χ3n) is 3.54. The highest BCUT2D eigenvalue weighted by Gasteiger charge is 2.22. The molecule has 0 aliphatic carbocycles. The van der Waals surface area contributed by atoms with Crippen LogP contribution in [0.3, 0.4) is 0 Å². The van der Waals surface area contributed by atoms with Crippen molar-refractivity contribution in [2.45, 2.75) is 25.4 Å². The predicted octanol–water partition coefficient (Wildman–Crippen LogP) is -0.196. The Kier molecular flexibility index (Phi) is 4.52. The molecule has 0 aromatic carbocycles. The number of amides is 1. The molecular formula is C12H21N5O2. The smallest absolute Gasteiger partial charge is 0.287 e. The highest BCUT2D eigenvalue weighted by molar-refractivity contribution is 5.91. The molecule has 0 bridgehead atoms. The fourth-order valence-corrected chi connectivity index (χ4v) is 2.47. The second-order valence-electron chi connectivity index (χ2n) is 5.13. The number of nitrogen functional groups attached to an aromatic ring is 1. The first-order valence-corrected chi connectivity index (χ1v) is 6.45. The number of nitrogens with two attached hydrogens (primary N) is 1. The fourth-order valence-electron chi connectivity index (χ4n) is 2.47. The Bertz CT molecular complexity index is 434. The van der Waals surface area contributed by atoms with Crippen molar-refractivity contribution in [1.29, 1.82) is 0 Å². The first-order chi connectivity index (χ1) is 9.10. The second kappa shape index (κ2) is 6.14. The van der Waals surface area contributed by atoms with Crippen LogP contribution >= 0.6 is 0 Å². The number of carbonyl (C=O) groups is 1. The SMILES string of the molecule is CN(Cc1cc(C(=O)NN)no1)CC1CCCN1C. The standard InChI is InChI=1S/C12H21N5O2/c1-16(7-9-4-3-5-17(9)2)8-10-6-11(15-19-10)12(18)14-13/h6,9H,3-5,7-8,13H2,1-2H3,(H,14,18). The summed E-state index contributed by atoms with van der Waals surface area (Å²) in [5, 5.41) is 3.68. The molecule has 19 heavy (non-hydrogen) atoms. The summed E-state index contributed by atoms with van der Waals surface area (Å²) in [5.74, 6) is 5.27. The van der Waals surface area contributed by atoms with Crippen molar-refractivity contribution in [3.8, 4) is 0 Å². The third-order valence-corrected chi connectivity index (χ3v) is 3.54. The number of carbonyl (C=O) groups excluding carboxylic acids is 1. The molecule has 106 valence electrons. The number of rotatable bonds is 5. The summed E-state index contributed by atoms with van der Waals surface area (Å²) in [6, 6.07) is 2.22. The van der Waals surface area contributed by atoms with Gasteiger partial charge in [-0.1, -0.05) is 5.16 Å². The zero-order valence-electron chi connectivity index (χ0n) is 11.4. The lowest BCUT2D eigenvalue weighted by Gasteiger charge is -2.24. The minimum absolute atomic E-state index is 0.212. The normalized spacial score (nSPS) is 20.1. The summed E-state index contributed by atoms with van der Waals surface area (Å²) < 4.78 is 5.13. The number of nitrogens with zero attached hydrogens (tertiary/aromatic N) is 3. The third kappa shape index (κ3) is 3.52. The van der Waals surface area contributed by atoms with Crippen LogP contribution in [0.1, 0.15) is 29.1 Å². The number of likely N-dealkylation sites (N-methyl/N-ethyl adjacent to an activating group) is 2. The molecule has 1 amide bonds. The van der Waals surface area contributed by atoms with E-state index in [1.807, 2.05) is 12.5 Å². The molecule has 1 unspecified atom stereocenters. The van der Waals surface area contributed by atoms with Crippen LogP contribution in [0.5, 0.6) is 0 Å². The van der Waals surface area contributed by atoms with Crippen LogP contribution in [0.25, 0.3) is 0 Å². The fraction of sp³-hybridized carbons (Fsp3) is 0.667. The molecule has 1 aromatic heterocycles. The number of hydrogen-bond donors (Lipinski definition) is 2. The van der Waals surface area contributed by atoms with Gasteiger partial charge < -0.3 is 9.42 Å². The van der Waals surface area contributed by atoms with E-state index in [9.17, 15) is 4.79 Å². The number of hydrogen-bond acceptors (Lipinski definition) is 6. The van der Waals surface area contributed by atoms with Gasteiger partial charge in [0.1, 0.15) is 0 Å². The van der Waals surface area contributed by atoms with E-state index in [1.54, 1.807) is 6.07 Å². The van der Waals surface area contributed by atoms with Crippen molar-refractivity contribution in [3.05, 3.63) is 17.5 Å². The minimum atomic E-state index is -0.437. The molecule has 2 rings (SSSR count). The number of aromatic nitrogens is 1. The van der Waals surface area contributed by atoms with E-state index in [1.165, 1.54) is 19.4 Å². The average Bonchev–Trinajstić information content (AvgIpc) is 2.99. The van der Waals surface area contributed by atoms with E-state index in [0.717, 1.165) is 6.54 Å². The van der Waals surface area contributed by atoms with Gasteiger partial charge in [-0.25, -0.2) is 5.84 Å². The summed E-state index contributed by atoms with van der Waals surface area (Å²) in [6.45, 7) is 2.78. The first-order valence-electron chi connectivity index (χ1n) is 6.45. The van der Waals surface area contributed by atoms with Crippen molar-refractivity contribution in [2.24, 2.45) is 5.84 Å². The lowest BCUT2D eigenvalue weighted by atomic mass is 10.2. The van der Waals surface area contributed by atoms with Gasteiger partial charge in [0.15, 0.2) is 11.5 Å². The molecule has 3 N–H and O–H groups in total. The first kappa shape index (κ1) is 14.0. The molecular weight excluding hydrogens is 246 g/mol. The van der Waals surface area contributed by atoms with Crippen LogP contribution in [-0.4, -0.2) is 54.1 Å². The van der Waals surface area contributed by atoms with E-state index in [2.05, 4.69) is 22.0 Å². The number of likely N-dealkylation sites (tertiary alicyclic amines) is 1. The lowest BCUT2D eigenvalue weighted by molar-refractivity contribution is 0.0944. The van der Waals surface area contributed by atoms with Crippen molar-refractivity contribution >= 4 is 5.91 Å². The topological polar surface area (TPSA) is 87.6 Å². The predicted molar refractivity (Wildman–Crippen MR) is 70.1 cm³/mol. The summed E-state index contributed by atoms with van der Waals surface area (Å²) in [7, 11) is 4.20. The Morgan fingerprint density at radius 2 is 2.53 bits per heavy atom. The van der Waals surface area contributed by atoms with Gasteiger partial charge in [0, 0.05) is 18.7 Å². The molecule has 1 saturated heterocycles. The Morgan fingerprint density at radius 3 is 3.16 bits per heavy atom. The number of nitrogens with one attached hydrogen (secondary N) is 1. The highest BCUT2D eigenvalue weighted by Crippen LogP contribution is 2.16. The summed E-state index contributed by atoms with van der Waals surface area (Å²) in [6.07, 6.45) is 2.50. The van der Waals surface area contributed by atoms with Gasteiger partial charge in [-0.3, -0.25) is 15.1 Å². The molecule has 1 aliphatic rings. The van der Waals surface area contributed by atoms with E-state index >= 15 is 0 Å². The van der Waals surface area contributed by atoms with Crippen molar-refractivity contribution < 1.29 is 9.32 Å². The van der Waals surface area contributed by atoms with Crippen molar-refractivity contribution in [2.75, 3.05) is 27.2 Å². The van der Waals surface area contributed by atoms with Crippen LogP contribution in [0.2, 0.25) is 0 Å². The van der Waals surface area contributed by atoms with Gasteiger partial charge in [-0.2, -0.15) is 0 Å². The van der Waals surface area contributed by atoms with Gasteiger partial charge >= 0.3 is 0 Å². The van der Waals surface area contributed by atoms with E-state index in [0.29, 0.717) is 18.3 Å². The van der Waals surface area contributed by atoms with Crippen molar-refractivity contribution in [1.82, 2.24) is 20.4 Å². The quantitative estimate of drug-likeness (QED) is 0.436. The number of hydrazine groups is 1.